The largest absolute Gasteiger partial charge is 0.300 e. The number of hydrogen-bond acceptors (Lipinski definition) is 5. The van der Waals surface area contributed by atoms with Crippen molar-refractivity contribution in [2.24, 2.45) is 0 Å². The number of hydrogen-bond donors (Lipinski definition) is 0. The Morgan fingerprint density at radius 2 is 1.68 bits per heavy atom. The molecule has 1 aliphatic heterocycles. The van der Waals surface area contributed by atoms with E-state index in [-0.39, 0.29) is 5.91 Å². The molecule has 1 fully saturated rings. The third-order valence-corrected chi connectivity index (χ3v) is 6.44. The van der Waals surface area contributed by atoms with Crippen molar-refractivity contribution < 1.29 is 4.79 Å². The van der Waals surface area contributed by atoms with Crippen molar-refractivity contribution in [3.63, 3.8) is 0 Å². The lowest BCUT2D eigenvalue weighted by Crippen LogP contribution is -2.50. The van der Waals surface area contributed by atoms with Crippen molar-refractivity contribution in [1.29, 1.82) is 0 Å². The van der Waals surface area contributed by atoms with Gasteiger partial charge < -0.3 is 4.90 Å². The maximum atomic E-state index is 12.7. The van der Waals surface area contributed by atoms with E-state index in [0.29, 0.717) is 6.54 Å². The molecular weight excluding hydrogens is 368 g/mol. The molecule has 0 unspecified atom stereocenters. The molecule has 4 rings (SSSR count). The van der Waals surface area contributed by atoms with Crippen molar-refractivity contribution in [1.82, 2.24) is 14.8 Å². The number of rotatable bonds is 6. The molecule has 1 saturated heterocycles. The van der Waals surface area contributed by atoms with Crippen LogP contribution in [0.15, 0.2) is 54.6 Å². The summed E-state index contributed by atoms with van der Waals surface area (Å²) in [6.07, 6.45) is 1.08. The van der Waals surface area contributed by atoms with Crippen LogP contribution in [0, 0.1) is 0 Å². The van der Waals surface area contributed by atoms with Gasteiger partial charge >= 0.3 is 0 Å². The van der Waals surface area contributed by atoms with Crippen LogP contribution in [0.3, 0.4) is 0 Å². The predicted molar refractivity (Wildman–Crippen MR) is 116 cm³/mol. The summed E-state index contributed by atoms with van der Waals surface area (Å²) in [6.45, 7) is 5.45. The molecule has 146 valence electrons. The van der Waals surface area contributed by atoms with Gasteiger partial charge in [-0.15, -0.1) is 0 Å². The first-order valence-corrected chi connectivity index (χ1v) is 10.6. The molecule has 1 amide bonds. The standard InChI is InChI=1S/C22H26N4OS/c1-24(22-23-19-9-5-6-10-20(19)28-22)21(27)17-26-15-13-25(14-16-26)12-11-18-7-3-2-4-8-18/h2-10H,11-17H2,1H3. The van der Waals surface area contributed by atoms with E-state index >= 15 is 0 Å². The van der Waals surface area contributed by atoms with Gasteiger partial charge in [0.25, 0.3) is 0 Å². The zero-order valence-corrected chi connectivity index (χ0v) is 17.1. The van der Waals surface area contributed by atoms with Crippen LogP contribution in [-0.4, -0.2) is 67.0 Å². The summed E-state index contributed by atoms with van der Waals surface area (Å²) in [5.74, 6) is 0.108. The van der Waals surface area contributed by atoms with Crippen LogP contribution in [0.4, 0.5) is 5.13 Å². The Morgan fingerprint density at radius 3 is 2.43 bits per heavy atom. The van der Waals surface area contributed by atoms with Crippen LogP contribution in [0.1, 0.15) is 5.56 Å². The van der Waals surface area contributed by atoms with Crippen LogP contribution in [0.25, 0.3) is 10.2 Å². The summed E-state index contributed by atoms with van der Waals surface area (Å²) < 4.78 is 1.11. The number of anilines is 1. The average molecular weight is 395 g/mol. The summed E-state index contributed by atoms with van der Waals surface area (Å²) in [6, 6.07) is 18.6. The molecule has 0 radical (unpaired) electrons. The lowest BCUT2D eigenvalue weighted by molar-refractivity contribution is -0.119. The van der Waals surface area contributed by atoms with E-state index in [4.69, 9.17) is 0 Å². The highest BCUT2D eigenvalue weighted by atomic mass is 32.1. The van der Waals surface area contributed by atoms with Crippen molar-refractivity contribution in [3.05, 3.63) is 60.2 Å². The first-order chi connectivity index (χ1) is 13.7. The molecule has 28 heavy (non-hydrogen) atoms. The second-order valence-electron chi connectivity index (χ2n) is 7.27. The van der Waals surface area contributed by atoms with E-state index in [2.05, 4.69) is 45.1 Å². The number of carbonyl (C=O) groups excluding carboxylic acids is 1. The molecule has 0 N–H and O–H groups in total. The summed E-state index contributed by atoms with van der Waals surface area (Å²) in [5.41, 5.74) is 2.34. The van der Waals surface area contributed by atoms with Crippen molar-refractivity contribution in [3.8, 4) is 0 Å². The second kappa shape index (κ2) is 8.82. The zero-order chi connectivity index (χ0) is 19.3. The van der Waals surface area contributed by atoms with Crippen molar-refractivity contribution in [2.75, 3.05) is 51.2 Å². The Balaban J connectivity index is 1.25. The summed E-state index contributed by atoms with van der Waals surface area (Å²) in [7, 11) is 1.83. The van der Waals surface area contributed by atoms with E-state index < -0.39 is 0 Å². The van der Waals surface area contributed by atoms with Gasteiger partial charge in [0.1, 0.15) is 0 Å². The third-order valence-electron chi connectivity index (χ3n) is 5.33. The quantitative estimate of drug-likeness (QED) is 0.644. The molecular formula is C22H26N4OS. The van der Waals surface area contributed by atoms with Gasteiger partial charge in [-0.25, -0.2) is 4.98 Å². The first-order valence-electron chi connectivity index (χ1n) is 9.80. The maximum absolute atomic E-state index is 12.7. The van der Waals surface area contributed by atoms with Gasteiger partial charge in [0.15, 0.2) is 5.13 Å². The van der Waals surface area contributed by atoms with E-state index in [0.717, 1.165) is 54.5 Å². The number of thiazole rings is 1. The van der Waals surface area contributed by atoms with Crippen molar-refractivity contribution >= 4 is 32.6 Å². The van der Waals surface area contributed by atoms with E-state index in [1.165, 1.54) is 5.56 Å². The maximum Gasteiger partial charge on any atom is 0.242 e. The number of nitrogens with zero attached hydrogens (tertiary/aromatic N) is 4. The smallest absolute Gasteiger partial charge is 0.242 e. The molecule has 5 nitrogen and oxygen atoms in total. The number of carbonyl (C=O) groups is 1. The molecule has 2 aromatic carbocycles. The van der Waals surface area contributed by atoms with Crippen LogP contribution in [0.2, 0.25) is 0 Å². The normalized spacial score (nSPS) is 15.8. The molecule has 6 heteroatoms. The third kappa shape index (κ3) is 4.58. The lowest BCUT2D eigenvalue weighted by atomic mass is 10.1. The predicted octanol–water partition coefficient (Wildman–Crippen LogP) is 3.12. The van der Waals surface area contributed by atoms with Gasteiger partial charge in [-0.1, -0.05) is 53.8 Å². The van der Waals surface area contributed by atoms with Gasteiger partial charge in [-0.2, -0.15) is 0 Å². The van der Waals surface area contributed by atoms with E-state index in [1.807, 2.05) is 31.3 Å². The summed E-state index contributed by atoms with van der Waals surface area (Å²) >= 11 is 1.57. The number of para-hydroxylation sites is 1. The first kappa shape index (κ1) is 19.1. The minimum Gasteiger partial charge on any atom is -0.300 e. The lowest BCUT2D eigenvalue weighted by Gasteiger charge is -2.34. The molecule has 1 aromatic heterocycles. The number of benzene rings is 2. The zero-order valence-electron chi connectivity index (χ0n) is 16.3. The van der Waals surface area contributed by atoms with Crippen LogP contribution in [0.5, 0.6) is 0 Å². The van der Waals surface area contributed by atoms with Gasteiger partial charge in [0.2, 0.25) is 5.91 Å². The van der Waals surface area contributed by atoms with Crippen LogP contribution in [-0.2, 0) is 11.2 Å². The minimum absolute atomic E-state index is 0.108. The van der Waals surface area contributed by atoms with Gasteiger partial charge in [0, 0.05) is 39.8 Å². The molecule has 1 aliphatic rings. The number of likely N-dealkylation sites (N-methyl/N-ethyl adjacent to an activating group) is 1. The fourth-order valence-corrected chi connectivity index (χ4v) is 4.45. The van der Waals surface area contributed by atoms with Gasteiger partial charge in [-0.05, 0) is 24.1 Å². The Labute approximate surface area is 170 Å². The number of amides is 1. The molecule has 0 bridgehead atoms. The highest BCUT2D eigenvalue weighted by Gasteiger charge is 2.22. The average Bonchev–Trinajstić information content (AvgIpc) is 3.17. The van der Waals surface area contributed by atoms with Gasteiger partial charge in [0.05, 0.1) is 16.8 Å². The Kier molecular flexibility index (Phi) is 6.00. The van der Waals surface area contributed by atoms with E-state index in [9.17, 15) is 4.79 Å². The fourth-order valence-electron chi connectivity index (χ4n) is 3.51. The number of fused-ring (bicyclic) bond motifs is 1. The van der Waals surface area contributed by atoms with Crippen molar-refractivity contribution in [2.45, 2.75) is 6.42 Å². The summed E-state index contributed by atoms with van der Waals surface area (Å²) in [5, 5.41) is 0.771. The van der Waals surface area contributed by atoms with Crippen LogP contribution >= 0.6 is 11.3 Å². The van der Waals surface area contributed by atoms with Crippen LogP contribution < -0.4 is 4.90 Å². The van der Waals surface area contributed by atoms with Gasteiger partial charge in [-0.3, -0.25) is 14.6 Å². The second-order valence-corrected chi connectivity index (χ2v) is 8.28. The molecule has 0 aliphatic carbocycles. The highest BCUT2D eigenvalue weighted by molar-refractivity contribution is 7.22. The molecule has 3 aromatic rings. The molecule has 0 spiro atoms. The SMILES string of the molecule is CN(C(=O)CN1CCN(CCc2ccccc2)CC1)c1nc2ccccc2s1. The fraction of sp³-hybridized carbons (Fsp3) is 0.364. The summed E-state index contributed by atoms with van der Waals surface area (Å²) in [4.78, 5) is 23.8. The molecule has 2 heterocycles. The number of piperazine rings is 1. The Bertz CT molecular complexity index is 885. The Hall–Kier alpha value is -2.28. The minimum atomic E-state index is 0.108. The Morgan fingerprint density at radius 1 is 1.00 bits per heavy atom. The molecule has 0 atom stereocenters. The number of aromatic nitrogens is 1. The topological polar surface area (TPSA) is 39.7 Å². The van der Waals surface area contributed by atoms with E-state index in [1.54, 1.807) is 16.2 Å². The molecule has 0 saturated carbocycles. The highest BCUT2D eigenvalue weighted by Crippen LogP contribution is 2.27. The monoisotopic (exact) mass is 394 g/mol.